The van der Waals surface area contributed by atoms with Crippen molar-refractivity contribution in [3.8, 4) is 23.1 Å². The molecule has 9 nitrogen and oxygen atoms in total. The summed E-state index contributed by atoms with van der Waals surface area (Å²) in [7, 11) is 0. The summed E-state index contributed by atoms with van der Waals surface area (Å²) in [5.41, 5.74) is 7.56. The fourth-order valence-electron chi connectivity index (χ4n) is 5.31. The molecule has 0 radical (unpaired) electrons. The Balaban J connectivity index is 1.20. The zero-order valence-corrected chi connectivity index (χ0v) is 21.2. The number of aromatic nitrogens is 2. The Morgan fingerprint density at radius 1 is 1.03 bits per heavy atom. The topological polar surface area (TPSA) is 128 Å². The van der Waals surface area contributed by atoms with Crippen molar-refractivity contribution in [3.05, 3.63) is 89.7 Å². The minimum atomic E-state index is -1.05. The Bertz CT molecular complexity index is 1580. The highest BCUT2D eigenvalue weighted by Gasteiger charge is 2.46. The lowest BCUT2D eigenvalue weighted by Gasteiger charge is -2.29. The second kappa shape index (κ2) is 10.5. The molecule has 0 aliphatic carbocycles. The summed E-state index contributed by atoms with van der Waals surface area (Å²) in [5.74, 6) is 11.8. The normalized spacial score (nSPS) is 20.0. The van der Waals surface area contributed by atoms with Gasteiger partial charge in [-0.25, -0.2) is 15.3 Å². The Morgan fingerprint density at radius 2 is 1.74 bits per heavy atom. The average molecular weight is 521 g/mol. The van der Waals surface area contributed by atoms with Gasteiger partial charge in [0.05, 0.1) is 17.3 Å². The second-order valence-corrected chi connectivity index (χ2v) is 9.74. The molecule has 3 atom stereocenters. The predicted molar refractivity (Wildman–Crippen MR) is 148 cm³/mol. The summed E-state index contributed by atoms with van der Waals surface area (Å²) in [5, 5.41) is 21.8. The number of rotatable bonds is 4. The first kappa shape index (κ1) is 25.1. The number of hydrogen-bond acceptors (Lipinski definition) is 8. The molecule has 2 aliphatic heterocycles. The number of piperidine rings is 1. The van der Waals surface area contributed by atoms with Crippen LogP contribution >= 0.6 is 0 Å². The minimum Gasteiger partial charge on any atom is -0.373 e. The molecule has 196 valence electrons. The van der Waals surface area contributed by atoms with Gasteiger partial charge in [0.2, 0.25) is 5.91 Å². The van der Waals surface area contributed by atoms with E-state index in [0.29, 0.717) is 22.5 Å². The molecule has 9 heteroatoms. The van der Waals surface area contributed by atoms with Crippen LogP contribution in [0.5, 0.6) is 0 Å². The number of nitrogens with two attached hydrogens (primary N) is 1. The van der Waals surface area contributed by atoms with Gasteiger partial charge in [0, 0.05) is 52.3 Å². The zero-order valence-electron chi connectivity index (χ0n) is 21.2. The van der Waals surface area contributed by atoms with E-state index >= 15 is 0 Å². The Labute approximate surface area is 225 Å². The summed E-state index contributed by atoms with van der Waals surface area (Å²) in [6.07, 6.45) is 4.14. The lowest BCUT2D eigenvalue weighted by atomic mass is 10.0. The minimum absolute atomic E-state index is 0.0420. The molecule has 0 spiro atoms. The zero-order chi connectivity index (χ0) is 26.9. The number of hydrogen-bond donors (Lipinski definition) is 4. The third kappa shape index (κ3) is 4.76. The van der Waals surface area contributed by atoms with Crippen LogP contribution in [0.25, 0.3) is 22.2 Å². The number of nitrogens with one attached hydrogen (secondary N) is 1. The summed E-state index contributed by atoms with van der Waals surface area (Å²) < 4.78 is 0. The molecule has 6 rings (SSSR count). The molecule has 2 aromatic carbocycles. The third-order valence-corrected chi connectivity index (χ3v) is 7.37. The molecule has 3 unspecified atom stereocenters. The van der Waals surface area contributed by atoms with Crippen molar-refractivity contribution in [1.29, 1.82) is 0 Å². The number of aliphatic hydroxyl groups excluding tert-OH is 2. The largest absolute Gasteiger partial charge is 0.373 e. The highest BCUT2D eigenvalue weighted by atomic mass is 16.3. The number of nitrogens with zero attached hydrogens (tertiary/aromatic N) is 4. The van der Waals surface area contributed by atoms with Crippen molar-refractivity contribution < 1.29 is 15.0 Å². The number of amides is 1. The van der Waals surface area contributed by atoms with Crippen LogP contribution in [0.15, 0.2) is 73.1 Å². The molecular formula is C30H28N6O3. The van der Waals surface area contributed by atoms with E-state index in [4.69, 9.17) is 10.8 Å². The molecule has 0 saturated carbocycles. The molecule has 2 fully saturated rings. The lowest BCUT2D eigenvalue weighted by molar-refractivity contribution is -0.120. The van der Waals surface area contributed by atoms with Crippen LogP contribution in [-0.4, -0.2) is 49.9 Å². The molecule has 2 aliphatic rings. The number of hydrazine groups is 1. The van der Waals surface area contributed by atoms with Crippen LogP contribution in [0.1, 0.15) is 42.2 Å². The molecule has 4 aromatic rings. The van der Waals surface area contributed by atoms with Crippen molar-refractivity contribution in [1.82, 2.24) is 20.3 Å². The summed E-state index contributed by atoms with van der Waals surface area (Å²) in [6.45, 7) is 0.735. The SMILES string of the molecule is NNC(O)c1cc(-c2ccc(C#Cc3ccc(N4C(=O)C5CCCCN5C4O)cc3)cc2)nc2ccncc12. The highest BCUT2D eigenvalue weighted by Crippen LogP contribution is 2.32. The number of aliphatic hydroxyl groups is 2. The number of pyridine rings is 2. The van der Waals surface area contributed by atoms with E-state index in [1.54, 1.807) is 24.5 Å². The van der Waals surface area contributed by atoms with E-state index < -0.39 is 12.6 Å². The van der Waals surface area contributed by atoms with Gasteiger partial charge in [0.25, 0.3) is 0 Å². The van der Waals surface area contributed by atoms with Gasteiger partial charge in [-0.3, -0.25) is 20.5 Å². The van der Waals surface area contributed by atoms with E-state index in [9.17, 15) is 15.0 Å². The van der Waals surface area contributed by atoms with E-state index in [0.717, 1.165) is 47.9 Å². The molecule has 2 saturated heterocycles. The van der Waals surface area contributed by atoms with Gasteiger partial charge < -0.3 is 10.2 Å². The highest BCUT2D eigenvalue weighted by molar-refractivity contribution is 5.99. The summed E-state index contributed by atoms with van der Waals surface area (Å²) >= 11 is 0. The number of carbonyl (C=O) groups is 1. The van der Waals surface area contributed by atoms with Crippen molar-refractivity contribution >= 4 is 22.5 Å². The van der Waals surface area contributed by atoms with E-state index in [-0.39, 0.29) is 11.9 Å². The van der Waals surface area contributed by atoms with Crippen LogP contribution in [0.2, 0.25) is 0 Å². The molecule has 4 heterocycles. The predicted octanol–water partition coefficient (Wildman–Crippen LogP) is 2.63. The van der Waals surface area contributed by atoms with Crippen molar-refractivity contribution in [3.63, 3.8) is 0 Å². The van der Waals surface area contributed by atoms with Crippen LogP contribution in [0, 0.1) is 11.8 Å². The Morgan fingerprint density at radius 3 is 2.44 bits per heavy atom. The average Bonchev–Trinajstić information content (AvgIpc) is 3.25. The number of carbonyl (C=O) groups excluding carboxylic acids is 1. The molecule has 2 aromatic heterocycles. The number of benzene rings is 2. The van der Waals surface area contributed by atoms with E-state index in [1.807, 2.05) is 53.4 Å². The first-order chi connectivity index (χ1) is 19.0. The maximum Gasteiger partial charge on any atom is 0.247 e. The van der Waals surface area contributed by atoms with Gasteiger partial charge >= 0.3 is 0 Å². The van der Waals surface area contributed by atoms with Crippen LogP contribution in [0.4, 0.5) is 5.69 Å². The monoisotopic (exact) mass is 520 g/mol. The van der Waals surface area contributed by atoms with Crippen molar-refractivity contribution in [2.45, 2.75) is 37.9 Å². The second-order valence-electron chi connectivity index (χ2n) is 9.74. The third-order valence-electron chi connectivity index (χ3n) is 7.37. The maximum atomic E-state index is 12.9. The fraction of sp³-hybridized carbons (Fsp3) is 0.233. The summed E-state index contributed by atoms with van der Waals surface area (Å²) in [4.78, 5) is 25.1. The van der Waals surface area contributed by atoms with Crippen molar-refractivity contribution in [2.24, 2.45) is 5.84 Å². The summed E-state index contributed by atoms with van der Waals surface area (Å²) in [6, 6.07) is 18.4. The van der Waals surface area contributed by atoms with E-state index in [2.05, 4.69) is 22.3 Å². The molecule has 39 heavy (non-hydrogen) atoms. The smallest absolute Gasteiger partial charge is 0.247 e. The number of fused-ring (bicyclic) bond motifs is 2. The van der Waals surface area contributed by atoms with Gasteiger partial charge in [0.1, 0.15) is 6.23 Å². The quantitative estimate of drug-likeness (QED) is 0.140. The standard InChI is InChI=1S/C30H28N6O3/c31-34-28(37)23-17-26(33-25-14-15-32-18-24(23)25)21-10-6-19(7-11-21)4-5-20-8-12-22(13-9-20)36-29(38)27-3-1-2-16-35(27)30(36)39/h6-15,17-18,27-28,30,34,37,39H,1-3,16,31H2. The van der Waals surface area contributed by atoms with Gasteiger partial charge in [-0.1, -0.05) is 30.4 Å². The molecule has 1 amide bonds. The van der Waals surface area contributed by atoms with Crippen LogP contribution in [-0.2, 0) is 4.79 Å². The lowest BCUT2D eigenvalue weighted by Crippen LogP contribution is -2.42. The van der Waals surface area contributed by atoms with Crippen LogP contribution in [0.3, 0.4) is 0 Å². The van der Waals surface area contributed by atoms with E-state index in [1.165, 1.54) is 4.90 Å². The van der Waals surface area contributed by atoms with Gasteiger partial charge in [-0.15, -0.1) is 0 Å². The molecule has 0 bridgehead atoms. The molecule has 5 N–H and O–H groups in total. The number of anilines is 1. The maximum absolute atomic E-state index is 12.9. The first-order valence-corrected chi connectivity index (χ1v) is 12.9. The molecular weight excluding hydrogens is 492 g/mol. The van der Waals surface area contributed by atoms with Gasteiger partial charge in [-0.2, -0.15) is 0 Å². The first-order valence-electron chi connectivity index (χ1n) is 12.9. The van der Waals surface area contributed by atoms with Gasteiger partial charge in [-0.05, 0) is 61.4 Å². The fourth-order valence-corrected chi connectivity index (χ4v) is 5.31. The van der Waals surface area contributed by atoms with Gasteiger partial charge in [0.15, 0.2) is 6.35 Å². The Kier molecular flexibility index (Phi) is 6.79. The van der Waals surface area contributed by atoms with Crippen molar-refractivity contribution in [2.75, 3.05) is 11.4 Å². The Hall–Kier alpha value is -4.17. The van der Waals surface area contributed by atoms with Crippen LogP contribution < -0.4 is 16.2 Å².